The number of aromatic hydroxyl groups is 1. The smallest absolute Gasteiger partial charge is 0.328 e. The predicted molar refractivity (Wildman–Crippen MR) is 72.6 cm³/mol. The second kappa shape index (κ2) is 4.77. The number of Topliss-reactive ketones (excluding diaryl/α,β-unsaturated/α-hetero) is 1. The van der Waals surface area contributed by atoms with Gasteiger partial charge in [0.25, 0.3) is 17.4 Å². The SMILES string of the molecule is O=C1NC(=O)C(=C2C(=O)C(c3c(O)[nH]c(=O)[nH]c3=O)=C2O)C(=O)N1. The van der Waals surface area contributed by atoms with E-state index in [9.17, 15) is 39.0 Å². The van der Waals surface area contributed by atoms with Crippen molar-refractivity contribution in [3.05, 3.63) is 43.3 Å². The van der Waals surface area contributed by atoms with E-state index in [2.05, 4.69) is 0 Å². The van der Waals surface area contributed by atoms with Gasteiger partial charge in [-0.15, -0.1) is 0 Å². The average molecular weight is 334 g/mol. The molecule has 12 nitrogen and oxygen atoms in total. The number of imide groups is 2. The van der Waals surface area contributed by atoms with E-state index in [0.29, 0.717) is 0 Å². The molecule has 0 atom stereocenters. The molecule has 4 amide bonds. The number of aliphatic hydroxyl groups is 1. The summed E-state index contributed by atoms with van der Waals surface area (Å²) in [7, 11) is 0. The molecule has 24 heavy (non-hydrogen) atoms. The Labute approximate surface area is 129 Å². The van der Waals surface area contributed by atoms with Crippen molar-refractivity contribution in [3.63, 3.8) is 0 Å². The Morgan fingerprint density at radius 1 is 0.708 bits per heavy atom. The molecule has 0 radical (unpaired) electrons. The second-order valence-electron chi connectivity index (χ2n) is 4.67. The Morgan fingerprint density at radius 2 is 1.29 bits per heavy atom. The van der Waals surface area contributed by atoms with Gasteiger partial charge in [-0.3, -0.25) is 39.8 Å². The highest BCUT2D eigenvalue weighted by Crippen LogP contribution is 2.38. The lowest BCUT2D eigenvalue weighted by molar-refractivity contribution is -0.125. The summed E-state index contributed by atoms with van der Waals surface area (Å²) in [6.45, 7) is 0. The highest BCUT2D eigenvalue weighted by atomic mass is 16.3. The maximum absolute atomic E-state index is 12.2. The van der Waals surface area contributed by atoms with Gasteiger partial charge in [-0.25, -0.2) is 9.59 Å². The summed E-state index contributed by atoms with van der Waals surface area (Å²) >= 11 is 0. The zero-order chi connectivity index (χ0) is 17.8. The summed E-state index contributed by atoms with van der Waals surface area (Å²) in [6, 6.07) is -1.10. The fourth-order valence-corrected chi connectivity index (χ4v) is 2.27. The molecular weight excluding hydrogens is 328 g/mol. The highest BCUT2D eigenvalue weighted by Gasteiger charge is 2.45. The largest absolute Gasteiger partial charge is 0.506 e. The number of nitrogens with one attached hydrogen (secondary N) is 4. The molecule has 12 heteroatoms. The summed E-state index contributed by atoms with van der Waals surface area (Å²) in [4.78, 5) is 72.7. The van der Waals surface area contributed by atoms with Crippen molar-refractivity contribution in [2.24, 2.45) is 0 Å². The molecule has 0 saturated carbocycles. The number of barbiturate groups is 1. The number of aromatic nitrogens is 2. The minimum Gasteiger partial charge on any atom is -0.506 e. The molecule has 1 aromatic rings. The number of rotatable bonds is 1. The third-order valence-corrected chi connectivity index (χ3v) is 3.26. The molecular formula is C12H6N4O8. The molecule has 122 valence electrons. The number of carbonyl (C=O) groups excluding carboxylic acids is 4. The van der Waals surface area contributed by atoms with Crippen LogP contribution >= 0.6 is 0 Å². The fraction of sp³-hybridized carbons (Fsp3) is 0. The summed E-state index contributed by atoms with van der Waals surface area (Å²) < 4.78 is 0. The zero-order valence-corrected chi connectivity index (χ0v) is 11.3. The van der Waals surface area contributed by atoms with Crippen LogP contribution in [0.4, 0.5) is 4.79 Å². The van der Waals surface area contributed by atoms with Crippen molar-refractivity contribution >= 4 is 29.2 Å². The third-order valence-electron chi connectivity index (χ3n) is 3.26. The van der Waals surface area contributed by atoms with Gasteiger partial charge in [0.05, 0.1) is 11.1 Å². The van der Waals surface area contributed by atoms with Crippen LogP contribution < -0.4 is 21.9 Å². The molecule has 2 heterocycles. The van der Waals surface area contributed by atoms with Crippen molar-refractivity contribution in [2.45, 2.75) is 0 Å². The van der Waals surface area contributed by atoms with Crippen molar-refractivity contribution in [3.8, 4) is 5.88 Å². The number of aliphatic hydroxyl groups excluding tert-OH is 1. The van der Waals surface area contributed by atoms with E-state index in [4.69, 9.17) is 0 Å². The molecule has 1 aromatic heterocycles. The second-order valence-corrected chi connectivity index (χ2v) is 4.67. The standard InChI is InChI=1S/C12H6N4O8/c17-5-1(3-7(19)13-11(23)14-8(3)20)6(18)2(5)4-9(21)15-12(24)16-10(4)22/h17H,(H2,13,14,19,20,23)(H3,15,16,21,22,24). The maximum Gasteiger partial charge on any atom is 0.328 e. The van der Waals surface area contributed by atoms with E-state index in [-0.39, 0.29) is 0 Å². The van der Waals surface area contributed by atoms with Gasteiger partial charge in [0, 0.05) is 0 Å². The van der Waals surface area contributed by atoms with Gasteiger partial charge >= 0.3 is 11.7 Å². The molecule has 0 spiro atoms. The molecule has 1 saturated heterocycles. The molecule has 2 aliphatic rings. The minimum atomic E-state index is -1.21. The van der Waals surface area contributed by atoms with Crippen LogP contribution in [-0.2, 0) is 14.4 Å². The van der Waals surface area contributed by atoms with Crippen LogP contribution in [0.15, 0.2) is 26.5 Å². The van der Waals surface area contributed by atoms with Crippen LogP contribution in [0.2, 0.25) is 0 Å². The Bertz CT molecular complexity index is 1020. The Hall–Kier alpha value is -3.96. The molecule has 3 rings (SSSR count). The van der Waals surface area contributed by atoms with Crippen molar-refractivity contribution in [1.82, 2.24) is 20.6 Å². The lowest BCUT2D eigenvalue weighted by atomic mass is 9.80. The van der Waals surface area contributed by atoms with E-state index >= 15 is 0 Å². The molecule has 1 aliphatic carbocycles. The van der Waals surface area contributed by atoms with E-state index in [1.807, 2.05) is 4.98 Å². The van der Waals surface area contributed by atoms with Crippen LogP contribution in [0.25, 0.3) is 5.57 Å². The first-order valence-corrected chi connectivity index (χ1v) is 6.17. The van der Waals surface area contributed by atoms with E-state index in [0.717, 1.165) is 0 Å². The number of H-pyrrole nitrogens is 2. The monoisotopic (exact) mass is 334 g/mol. The van der Waals surface area contributed by atoms with Gasteiger partial charge in [0.2, 0.25) is 11.7 Å². The number of carbonyl (C=O) groups is 4. The van der Waals surface area contributed by atoms with Crippen LogP contribution in [-0.4, -0.2) is 43.8 Å². The number of aromatic amines is 2. The topological polar surface area (TPSA) is 199 Å². The summed E-state index contributed by atoms with van der Waals surface area (Å²) in [5.74, 6) is -5.41. The highest BCUT2D eigenvalue weighted by molar-refractivity contribution is 6.44. The molecule has 6 N–H and O–H groups in total. The number of urea groups is 1. The normalized spacial score (nSPS) is 17.7. The lowest BCUT2D eigenvalue weighted by Crippen LogP contribution is -2.53. The first-order valence-electron chi connectivity index (χ1n) is 6.17. The van der Waals surface area contributed by atoms with Crippen LogP contribution in [0, 0.1) is 0 Å². The molecule has 1 fully saturated rings. The lowest BCUT2D eigenvalue weighted by Gasteiger charge is -2.24. The Morgan fingerprint density at radius 3 is 1.79 bits per heavy atom. The summed E-state index contributed by atoms with van der Waals surface area (Å²) in [5, 5.41) is 23.0. The van der Waals surface area contributed by atoms with Gasteiger partial charge in [0.15, 0.2) is 0 Å². The summed E-state index contributed by atoms with van der Waals surface area (Å²) in [5.41, 5.74) is -5.17. The van der Waals surface area contributed by atoms with Crippen molar-refractivity contribution in [1.29, 1.82) is 0 Å². The molecule has 0 aromatic carbocycles. The van der Waals surface area contributed by atoms with Crippen LogP contribution in [0.1, 0.15) is 5.56 Å². The zero-order valence-electron chi connectivity index (χ0n) is 11.3. The predicted octanol–water partition coefficient (Wildman–Crippen LogP) is -2.72. The quantitative estimate of drug-likeness (QED) is 0.235. The minimum absolute atomic E-state index is 0.690. The van der Waals surface area contributed by atoms with Crippen LogP contribution in [0.3, 0.4) is 0 Å². The van der Waals surface area contributed by atoms with Crippen molar-refractivity contribution < 1.29 is 29.4 Å². The van der Waals surface area contributed by atoms with Gasteiger partial charge in [-0.05, 0) is 0 Å². The van der Waals surface area contributed by atoms with E-state index in [1.165, 1.54) is 0 Å². The fourth-order valence-electron chi connectivity index (χ4n) is 2.27. The van der Waals surface area contributed by atoms with Gasteiger partial charge in [0.1, 0.15) is 16.9 Å². The number of allylic oxidation sites excluding steroid dienone is 2. The first-order chi connectivity index (χ1) is 11.2. The number of hydrogen-bond donors (Lipinski definition) is 6. The molecule has 0 unspecified atom stereocenters. The third kappa shape index (κ3) is 1.93. The van der Waals surface area contributed by atoms with Gasteiger partial charge in [-0.2, -0.15) is 0 Å². The van der Waals surface area contributed by atoms with E-state index < -0.39 is 68.8 Å². The number of ketones is 1. The van der Waals surface area contributed by atoms with Gasteiger partial charge in [-0.1, -0.05) is 0 Å². The van der Waals surface area contributed by atoms with Crippen molar-refractivity contribution in [2.75, 3.05) is 0 Å². The van der Waals surface area contributed by atoms with Gasteiger partial charge < -0.3 is 10.2 Å². The Kier molecular flexibility index (Phi) is 2.97. The number of hydrogen-bond acceptors (Lipinski definition) is 8. The van der Waals surface area contributed by atoms with Crippen LogP contribution in [0.5, 0.6) is 5.88 Å². The molecule has 0 bridgehead atoms. The van der Waals surface area contributed by atoms with E-state index in [1.54, 1.807) is 15.6 Å². The average Bonchev–Trinajstić information content (AvgIpc) is 2.46. The first kappa shape index (κ1) is 15.0. The summed E-state index contributed by atoms with van der Waals surface area (Å²) in [6.07, 6.45) is 0. The molecule has 1 aliphatic heterocycles. The Balaban J connectivity index is 2.21. The number of amides is 4. The maximum atomic E-state index is 12.2.